The van der Waals surface area contributed by atoms with E-state index in [0.717, 1.165) is 24.7 Å². The van der Waals surface area contributed by atoms with Crippen LogP contribution in [0.2, 0.25) is 0 Å². The first-order valence-electron chi connectivity index (χ1n) is 7.26. The lowest BCUT2D eigenvalue weighted by Crippen LogP contribution is -2.42. The van der Waals surface area contributed by atoms with Crippen LogP contribution >= 0.6 is 0 Å². The molecule has 102 valence electrons. The molecule has 0 amide bonds. The van der Waals surface area contributed by atoms with Gasteiger partial charge in [-0.05, 0) is 62.2 Å². The summed E-state index contributed by atoms with van der Waals surface area (Å²) in [5.74, 6) is 1.52. The summed E-state index contributed by atoms with van der Waals surface area (Å²) in [4.78, 5) is 11.1. The first-order chi connectivity index (χ1) is 8.34. The largest absolute Gasteiger partial charge is 0.478 e. The quantitative estimate of drug-likeness (QED) is 0.706. The number of carboxylic acids is 1. The van der Waals surface area contributed by atoms with Crippen molar-refractivity contribution >= 4 is 5.97 Å². The molecule has 3 unspecified atom stereocenters. The maximum absolute atomic E-state index is 11.1. The van der Waals surface area contributed by atoms with E-state index in [0.29, 0.717) is 16.9 Å². The summed E-state index contributed by atoms with van der Waals surface area (Å²) in [5, 5.41) is 9.15. The zero-order valence-electron chi connectivity index (χ0n) is 12.1. The molecular formula is C16H26O2. The molecule has 0 radical (unpaired) electrons. The molecular weight excluding hydrogens is 224 g/mol. The van der Waals surface area contributed by atoms with Gasteiger partial charge in [0.05, 0.1) is 0 Å². The van der Waals surface area contributed by atoms with Gasteiger partial charge in [0.25, 0.3) is 0 Å². The molecule has 1 N–H and O–H groups in total. The zero-order valence-corrected chi connectivity index (χ0v) is 12.1. The second-order valence-electron chi connectivity index (χ2n) is 6.94. The fourth-order valence-corrected chi connectivity index (χ4v) is 4.00. The van der Waals surface area contributed by atoms with Gasteiger partial charge in [0, 0.05) is 5.57 Å². The number of fused-ring (bicyclic) bond motifs is 1. The molecule has 2 fully saturated rings. The molecule has 2 nitrogen and oxygen atoms in total. The Bertz CT molecular complexity index is 379. The number of carboxylic acid groups (broad SMARTS) is 1. The van der Waals surface area contributed by atoms with Crippen molar-refractivity contribution in [2.75, 3.05) is 0 Å². The standard InChI is InChI=1S/C16H26O2/c1-10-5-6-12-7-8-13(11(2)15(17)18)9-14(12)16(10,3)4/h10,12,14H,5-9H2,1-4H3,(H,17,18). The van der Waals surface area contributed by atoms with E-state index < -0.39 is 5.97 Å². The second kappa shape index (κ2) is 4.71. The van der Waals surface area contributed by atoms with Crippen LogP contribution < -0.4 is 0 Å². The van der Waals surface area contributed by atoms with Crippen molar-refractivity contribution in [3.05, 3.63) is 11.1 Å². The van der Waals surface area contributed by atoms with Gasteiger partial charge >= 0.3 is 5.97 Å². The van der Waals surface area contributed by atoms with Gasteiger partial charge in [0.2, 0.25) is 0 Å². The highest BCUT2D eigenvalue weighted by Gasteiger charge is 2.45. The van der Waals surface area contributed by atoms with Crippen molar-refractivity contribution in [1.82, 2.24) is 0 Å². The summed E-state index contributed by atoms with van der Waals surface area (Å²) in [6.07, 6.45) is 5.89. The Hall–Kier alpha value is -0.790. The van der Waals surface area contributed by atoms with Crippen molar-refractivity contribution in [1.29, 1.82) is 0 Å². The number of aliphatic carboxylic acids is 1. The molecule has 0 aliphatic heterocycles. The minimum atomic E-state index is -0.731. The van der Waals surface area contributed by atoms with E-state index in [1.54, 1.807) is 6.92 Å². The lowest BCUT2D eigenvalue weighted by Gasteiger charge is -2.51. The van der Waals surface area contributed by atoms with E-state index in [4.69, 9.17) is 5.11 Å². The maximum atomic E-state index is 11.1. The maximum Gasteiger partial charge on any atom is 0.331 e. The van der Waals surface area contributed by atoms with Crippen LogP contribution in [0.3, 0.4) is 0 Å². The van der Waals surface area contributed by atoms with Gasteiger partial charge in [-0.15, -0.1) is 0 Å². The first kappa shape index (κ1) is 13.6. The van der Waals surface area contributed by atoms with Gasteiger partial charge in [0.1, 0.15) is 0 Å². The molecule has 0 saturated heterocycles. The number of carbonyl (C=O) groups is 1. The summed E-state index contributed by atoms with van der Waals surface area (Å²) in [7, 11) is 0. The van der Waals surface area contributed by atoms with Gasteiger partial charge < -0.3 is 5.11 Å². The summed E-state index contributed by atoms with van der Waals surface area (Å²) in [6.45, 7) is 8.90. The van der Waals surface area contributed by atoms with Crippen LogP contribution in [0.5, 0.6) is 0 Å². The van der Waals surface area contributed by atoms with E-state index in [1.165, 1.54) is 24.8 Å². The first-order valence-corrected chi connectivity index (χ1v) is 7.26. The molecule has 0 aromatic rings. The van der Waals surface area contributed by atoms with Crippen molar-refractivity contribution in [3.8, 4) is 0 Å². The van der Waals surface area contributed by atoms with E-state index in [1.807, 2.05) is 0 Å². The van der Waals surface area contributed by atoms with E-state index in [2.05, 4.69) is 20.8 Å². The van der Waals surface area contributed by atoms with Crippen molar-refractivity contribution in [2.24, 2.45) is 23.2 Å². The van der Waals surface area contributed by atoms with E-state index >= 15 is 0 Å². The highest BCUT2D eigenvalue weighted by atomic mass is 16.4. The molecule has 2 rings (SSSR count). The molecule has 2 saturated carbocycles. The van der Waals surface area contributed by atoms with Gasteiger partial charge in [-0.3, -0.25) is 0 Å². The van der Waals surface area contributed by atoms with Crippen LogP contribution in [0.25, 0.3) is 0 Å². The summed E-state index contributed by atoms with van der Waals surface area (Å²) in [6, 6.07) is 0. The van der Waals surface area contributed by atoms with E-state index in [-0.39, 0.29) is 0 Å². The fraction of sp³-hybridized carbons (Fsp3) is 0.812. The molecule has 2 aliphatic carbocycles. The molecule has 2 heteroatoms. The average Bonchev–Trinajstić information content (AvgIpc) is 2.33. The van der Waals surface area contributed by atoms with E-state index in [9.17, 15) is 4.79 Å². The van der Waals surface area contributed by atoms with Crippen LogP contribution in [0.1, 0.15) is 59.8 Å². The minimum Gasteiger partial charge on any atom is -0.478 e. The fourth-order valence-electron chi connectivity index (χ4n) is 4.00. The highest BCUT2D eigenvalue weighted by Crippen LogP contribution is 2.54. The van der Waals surface area contributed by atoms with Gasteiger partial charge in [0.15, 0.2) is 0 Å². The number of allylic oxidation sites excluding steroid dienone is 1. The molecule has 2 aliphatic rings. The van der Waals surface area contributed by atoms with Gasteiger partial charge in [-0.2, -0.15) is 0 Å². The molecule has 0 spiro atoms. The van der Waals surface area contributed by atoms with Crippen LogP contribution in [-0.2, 0) is 4.79 Å². The molecule has 0 aromatic carbocycles. The monoisotopic (exact) mass is 250 g/mol. The highest BCUT2D eigenvalue weighted by molar-refractivity contribution is 5.86. The molecule has 0 aromatic heterocycles. The van der Waals surface area contributed by atoms with Crippen molar-refractivity contribution in [3.63, 3.8) is 0 Å². The zero-order chi connectivity index (χ0) is 13.5. The van der Waals surface area contributed by atoms with Crippen molar-refractivity contribution in [2.45, 2.75) is 59.8 Å². The lowest BCUT2D eigenvalue weighted by atomic mass is 9.54. The predicted molar refractivity (Wildman–Crippen MR) is 73.3 cm³/mol. The van der Waals surface area contributed by atoms with Crippen LogP contribution in [0.4, 0.5) is 0 Å². The Balaban J connectivity index is 2.25. The number of hydrogen-bond acceptors (Lipinski definition) is 1. The van der Waals surface area contributed by atoms with Gasteiger partial charge in [-0.25, -0.2) is 4.79 Å². The molecule has 0 bridgehead atoms. The third kappa shape index (κ3) is 2.22. The Labute approximate surface area is 110 Å². The molecule has 0 heterocycles. The smallest absolute Gasteiger partial charge is 0.331 e. The Morgan fingerprint density at radius 1 is 1.28 bits per heavy atom. The lowest BCUT2D eigenvalue weighted by molar-refractivity contribution is -0.132. The SMILES string of the molecule is CC(C(=O)O)=C1CCC2CCC(C)C(C)(C)C2C1. The third-order valence-corrected chi connectivity index (χ3v) is 5.90. The third-order valence-electron chi connectivity index (χ3n) is 5.90. The normalized spacial score (nSPS) is 37.9. The summed E-state index contributed by atoms with van der Waals surface area (Å²) < 4.78 is 0. The van der Waals surface area contributed by atoms with Crippen molar-refractivity contribution < 1.29 is 9.90 Å². The number of rotatable bonds is 1. The average molecular weight is 250 g/mol. The summed E-state index contributed by atoms with van der Waals surface area (Å²) in [5.41, 5.74) is 2.15. The van der Waals surface area contributed by atoms with Crippen LogP contribution in [-0.4, -0.2) is 11.1 Å². The number of hydrogen-bond donors (Lipinski definition) is 1. The molecule has 18 heavy (non-hydrogen) atoms. The Kier molecular flexibility index (Phi) is 3.57. The Morgan fingerprint density at radius 2 is 1.94 bits per heavy atom. The predicted octanol–water partition coefficient (Wildman–Crippen LogP) is 4.26. The van der Waals surface area contributed by atoms with Crippen LogP contribution in [0, 0.1) is 23.2 Å². The minimum absolute atomic E-state index is 0.355. The second-order valence-corrected chi connectivity index (χ2v) is 6.94. The molecule has 3 atom stereocenters. The summed E-state index contributed by atoms with van der Waals surface area (Å²) >= 11 is 0. The Morgan fingerprint density at radius 3 is 2.56 bits per heavy atom. The van der Waals surface area contributed by atoms with Gasteiger partial charge in [-0.1, -0.05) is 26.3 Å². The van der Waals surface area contributed by atoms with Crippen LogP contribution in [0.15, 0.2) is 11.1 Å². The topological polar surface area (TPSA) is 37.3 Å².